The summed E-state index contributed by atoms with van der Waals surface area (Å²) in [6.45, 7) is 2.15. The van der Waals surface area contributed by atoms with Crippen LogP contribution in [0.2, 0.25) is 0 Å². The van der Waals surface area contributed by atoms with E-state index in [2.05, 4.69) is 11.7 Å². The molecule has 0 aliphatic heterocycles. The molecule has 1 N–H and O–H groups in total. The minimum atomic E-state index is -4.99. The first-order chi connectivity index (χ1) is 11.7. The van der Waals surface area contributed by atoms with Crippen LogP contribution in [-0.4, -0.2) is 36.1 Å². The van der Waals surface area contributed by atoms with E-state index >= 15 is 0 Å². The molecule has 146 valence electrons. The van der Waals surface area contributed by atoms with Gasteiger partial charge in [0, 0.05) is 18.8 Å². The third kappa shape index (κ3) is 14.7. The van der Waals surface area contributed by atoms with Gasteiger partial charge in [0.1, 0.15) is 0 Å². The van der Waals surface area contributed by atoms with Crippen LogP contribution in [0.5, 0.6) is 0 Å². The van der Waals surface area contributed by atoms with Crippen molar-refractivity contribution in [3.05, 3.63) is 0 Å². The molecule has 0 saturated carbocycles. The van der Waals surface area contributed by atoms with E-state index in [0.717, 1.165) is 25.7 Å². The second-order valence-corrected chi connectivity index (χ2v) is 7.55. The summed E-state index contributed by atoms with van der Waals surface area (Å²) in [5.41, 5.74) is 0. The number of ether oxygens (including phenoxy) is 1. The molecule has 0 spiro atoms. The number of hydrogen-bond acceptors (Lipinski definition) is 7. The van der Waals surface area contributed by atoms with Gasteiger partial charge in [-0.15, -0.1) is 0 Å². The molecule has 8 nitrogen and oxygen atoms in total. The maximum absolute atomic E-state index is 11.5. The SMILES string of the molecule is CCCCCCCCCCCC(=O)OC(=O)C(CC(=O)[O-])S(=O)(=O)O.[Na+]. The first-order valence-corrected chi connectivity index (χ1v) is 10.1. The van der Waals surface area contributed by atoms with Gasteiger partial charge in [-0.25, -0.2) is 0 Å². The molecule has 0 aromatic rings. The Morgan fingerprint density at radius 1 is 0.962 bits per heavy atom. The second kappa shape index (κ2) is 15.6. The van der Waals surface area contributed by atoms with Crippen molar-refractivity contribution in [3.8, 4) is 0 Å². The van der Waals surface area contributed by atoms with Crippen LogP contribution in [0, 0.1) is 0 Å². The number of carbonyl (C=O) groups is 3. The number of carbonyl (C=O) groups excluding carboxylic acids is 3. The maximum Gasteiger partial charge on any atom is 1.00 e. The van der Waals surface area contributed by atoms with Crippen molar-refractivity contribution in [2.75, 3.05) is 0 Å². The Hall–Kier alpha value is -0.480. The average molecular weight is 402 g/mol. The Bertz CT molecular complexity index is 532. The van der Waals surface area contributed by atoms with Crippen LogP contribution in [0.25, 0.3) is 0 Å². The van der Waals surface area contributed by atoms with E-state index in [9.17, 15) is 27.9 Å². The van der Waals surface area contributed by atoms with E-state index in [0.29, 0.717) is 6.42 Å². The van der Waals surface area contributed by atoms with Crippen molar-refractivity contribution < 1.29 is 66.8 Å². The molecule has 0 radical (unpaired) electrons. The van der Waals surface area contributed by atoms with Gasteiger partial charge in [-0.2, -0.15) is 8.42 Å². The summed E-state index contributed by atoms with van der Waals surface area (Å²) in [5.74, 6) is -4.40. The molecule has 0 aliphatic carbocycles. The van der Waals surface area contributed by atoms with Gasteiger partial charge >= 0.3 is 41.5 Å². The number of carboxylic acid groups (broad SMARTS) is 1. The van der Waals surface area contributed by atoms with Gasteiger partial charge in [-0.05, 0) is 6.42 Å². The van der Waals surface area contributed by atoms with Crippen LogP contribution >= 0.6 is 0 Å². The fraction of sp³-hybridized carbons (Fsp3) is 0.812. The monoisotopic (exact) mass is 402 g/mol. The zero-order valence-electron chi connectivity index (χ0n) is 15.6. The van der Waals surface area contributed by atoms with Crippen LogP contribution < -0.4 is 34.7 Å². The van der Waals surface area contributed by atoms with Crippen molar-refractivity contribution in [1.29, 1.82) is 0 Å². The van der Waals surface area contributed by atoms with E-state index in [1.54, 1.807) is 0 Å². The summed E-state index contributed by atoms with van der Waals surface area (Å²) >= 11 is 0. The van der Waals surface area contributed by atoms with Gasteiger partial charge in [-0.1, -0.05) is 58.3 Å². The molecule has 26 heavy (non-hydrogen) atoms. The summed E-state index contributed by atoms with van der Waals surface area (Å²) < 4.78 is 35.1. The van der Waals surface area contributed by atoms with Gasteiger partial charge in [0.15, 0.2) is 5.25 Å². The third-order valence-corrected chi connectivity index (χ3v) is 4.75. The Morgan fingerprint density at radius 2 is 1.42 bits per heavy atom. The number of unbranched alkanes of at least 4 members (excludes halogenated alkanes) is 8. The summed E-state index contributed by atoms with van der Waals surface area (Å²) in [5, 5.41) is 8.07. The molecule has 1 unspecified atom stereocenters. The molecule has 0 aromatic heterocycles. The zero-order chi connectivity index (χ0) is 19.3. The number of rotatable bonds is 14. The Morgan fingerprint density at radius 3 is 1.85 bits per heavy atom. The Labute approximate surface area is 177 Å². The standard InChI is InChI=1S/C16H28O8S.Na/c1-2-3-4-5-6-7-8-9-10-11-15(19)24-16(20)13(12-14(17)18)25(21,22)23;/h13H,2-12H2,1H3,(H,17,18)(H,21,22,23);/q;+1/p-1. The summed E-state index contributed by atoms with van der Waals surface area (Å²) in [6, 6.07) is 0. The zero-order valence-corrected chi connectivity index (χ0v) is 18.4. The van der Waals surface area contributed by atoms with Crippen LogP contribution in [0.15, 0.2) is 0 Å². The molecule has 0 saturated heterocycles. The third-order valence-electron chi connectivity index (χ3n) is 3.67. The van der Waals surface area contributed by atoms with E-state index in [4.69, 9.17) is 4.55 Å². The molecule has 0 aliphatic rings. The van der Waals surface area contributed by atoms with Gasteiger partial charge in [0.2, 0.25) is 0 Å². The number of carboxylic acids is 1. The largest absolute Gasteiger partial charge is 1.00 e. The minimum Gasteiger partial charge on any atom is -0.550 e. The van der Waals surface area contributed by atoms with Gasteiger partial charge in [0.25, 0.3) is 10.1 Å². The predicted molar refractivity (Wildman–Crippen MR) is 87.9 cm³/mol. The summed E-state index contributed by atoms with van der Waals surface area (Å²) in [6.07, 6.45) is 7.92. The molecule has 0 rings (SSSR count). The van der Waals surface area contributed by atoms with E-state index in [-0.39, 0.29) is 36.0 Å². The van der Waals surface area contributed by atoms with Crippen LogP contribution in [-0.2, 0) is 29.2 Å². The maximum atomic E-state index is 11.5. The number of aliphatic carboxylic acids is 1. The van der Waals surface area contributed by atoms with Crippen molar-refractivity contribution in [3.63, 3.8) is 0 Å². The molecular formula is C16H27NaO8S. The quantitative estimate of drug-likeness (QED) is 0.120. The van der Waals surface area contributed by atoms with Crippen molar-refractivity contribution in [2.24, 2.45) is 0 Å². The second-order valence-electron chi connectivity index (χ2n) is 5.95. The van der Waals surface area contributed by atoms with Gasteiger partial charge in [-0.3, -0.25) is 14.1 Å². The Balaban J connectivity index is 0. The van der Waals surface area contributed by atoms with Crippen molar-refractivity contribution >= 4 is 28.0 Å². The fourth-order valence-electron chi connectivity index (χ4n) is 2.27. The minimum absolute atomic E-state index is 0. The topological polar surface area (TPSA) is 138 Å². The first-order valence-electron chi connectivity index (χ1n) is 8.59. The normalized spacial score (nSPS) is 12.1. The van der Waals surface area contributed by atoms with Crippen molar-refractivity contribution in [2.45, 2.75) is 82.8 Å². The van der Waals surface area contributed by atoms with Gasteiger partial charge in [0.05, 0.1) is 0 Å². The van der Waals surface area contributed by atoms with E-state index in [1.807, 2.05) is 0 Å². The fourth-order valence-corrected chi connectivity index (χ4v) is 2.91. The molecule has 1 atom stereocenters. The molecule has 0 fully saturated rings. The predicted octanol–water partition coefficient (Wildman–Crippen LogP) is -1.62. The van der Waals surface area contributed by atoms with Crippen LogP contribution in [0.3, 0.4) is 0 Å². The average Bonchev–Trinajstić information content (AvgIpc) is 2.49. The van der Waals surface area contributed by atoms with Gasteiger partial charge < -0.3 is 14.6 Å². The smallest absolute Gasteiger partial charge is 0.550 e. The number of hydrogen-bond donors (Lipinski definition) is 1. The summed E-state index contributed by atoms with van der Waals surface area (Å²) in [7, 11) is -4.99. The number of esters is 2. The molecular weight excluding hydrogens is 375 g/mol. The van der Waals surface area contributed by atoms with Crippen molar-refractivity contribution in [1.82, 2.24) is 0 Å². The molecule has 0 amide bonds. The summed E-state index contributed by atoms with van der Waals surface area (Å²) in [4.78, 5) is 33.4. The Kier molecular flexibility index (Phi) is 16.6. The molecule has 0 heterocycles. The van der Waals surface area contributed by atoms with E-state index in [1.165, 1.54) is 25.7 Å². The first kappa shape index (κ1) is 27.7. The van der Waals surface area contributed by atoms with E-state index < -0.39 is 39.7 Å². The van der Waals surface area contributed by atoms with Crippen LogP contribution in [0.1, 0.15) is 77.6 Å². The van der Waals surface area contributed by atoms with Crippen LogP contribution in [0.4, 0.5) is 0 Å². The molecule has 0 aromatic carbocycles. The molecule has 10 heteroatoms. The molecule has 0 bridgehead atoms.